The van der Waals surface area contributed by atoms with Gasteiger partial charge in [0, 0.05) is 28.9 Å². The van der Waals surface area contributed by atoms with Crippen molar-refractivity contribution in [2.24, 2.45) is 0 Å². The van der Waals surface area contributed by atoms with Crippen LogP contribution in [0.25, 0.3) is 21.7 Å². The van der Waals surface area contributed by atoms with Crippen LogP contribution in [0.2, 0.25) is 0 Å². The van der Waals surface area contributed by atoms with E-state index in [0.29, 0.717) is 27.4 Å². The molecular weight excluding hydrogens is 538 g/mol. The van der Waals surface area contributed by atoms with Gasteiger partial charge in [-0.05, 0) is 29.7 Å². The number of nitrogen functional groups attached to an aromatic ring is 1. The Morgan fingerprint density at radius 3 is 2.60 bits per heavy atom. The number of sulfonamides is 1. The number of nitrogens with zero attached hydrogens (tertiary/aromatic N) is 3. The van der Waals surface area contributed by atoms with Gasteiger partial charge in [0.1, 0.15) is 6.04 Å². The summed E-state index contributed by atoms with van der Waals surface area (Å²) in [5.74, 6) is -2.07. The van der Waals surface area contributed by atoms with Gasteiger partial charge in [0.05, 0.1) is 28.8 Å². The van der Waals surface area contributed by atoms with Crippen LogP contribution >= 0.6 is 0 Å². The van der Waals surface area contributed by atoms with Crippen LogP contribution in [-0.4, -0.2) is 57.7 Å². The van der Waals surface area contributed by atoms with E-state index in [1.807, 2.05) is 0 Å². The fraction of sp³-hybridized carbons (Fsp3) is 0.115. The second-order valence-corrected chi connectivity index (χ2v) is 10.6. The number of carbonyl (C=O) groups excluding carboxylic acids is 1. The number of anilines is 1. The maximum Gasteiger partial charge on any atom is 0.323 e. The molecule has 5 aromatic rings. The summed E-state index contributed by atoms with van der Waals surface area (Å²) in [6, 6.07) is 15.9. The zero-order valence-electron chi connectivity index (χ0n) is 20.7. The first-order valence-electron chi connectivity index (χ1n) is 11.9. The Bertz CT molecular complexity index is 1930. The van der Waals surface area contributed by atoms with Crippen molar-refractivity contribution >= 4 is 49.5 Å². The Labute approximate surface area is 226 Å². The molecule has 0 aliphatic carbocycles. The minimum absolute atomic E-state index is 0.0167. The van der Waals surface area contributed by atoms with Crippen molar-refractivity contribution in [3.8, 4) is 0 Å². The second kappa shape index (κ2) is 10.6. The molecule has 14 heteroatoms. The van der Waals surface area contributed by atoms with Crippen LogP contribution in [0.3, 0.4) is 0 Å². The maximum absolute atomic E-state index is 13.1. The monoisotopic (exact) mass is 561 g/mol. The van der Waals surface area contributed by atoms with Crippen LogP contribution in [0.5, 0.6) is 0 Å². The van der Waals surface area contributed by atoms with E-state index in [2.05, 4.69) is 25.1 Å². The number of aromatic nitrogens is 4. The molecule has 1 atom stereocenters. The number of hydrogen-bond acceptors (Lipinski definition) is 8. The second-order valence-electron chi connectivity index (χ2n) is 8.90. The first-order valence-corrected chi connectivity index (χ1v) is 13.4. The van der Waals surface area contributed by atoms with Crippen molar-refractivity contribution in [3.63, 3.8) is 0 Å². The van der Waals surface area contributed by atoms with Crippen LogP contribution < -0.4 is 21.3 Å². The topological polar surface area (TPSA) is 202 Å². The van der Waals surface area contributed by atoms with Crippen LogP contribution in [0, 0.1) is 0 Å². The van der Waals surface area contributed by atoms with Crippen molar-refractivity contribution in [2.45, 2.75) is 17.5 Å². The molecule has 3 aromatic carbocycles. The molecule has 0 aliphatic rings. The quantitative estimate of drug-likeness (QED) is 0.174. The minimum atomic E-state index is -4.23. The number of hydrogen-bond donors (Lipinski definition) is 5. The van der Waals surface area contributed by atoms with Gasteiger partial charge in [-0.15, -0.1) is 0 Å². The molecule has 0 radical (unpaired) electrons. The summed E-state index contributed by atoms with van der Waals surface area (Å²) in [6.45, 7) is -0.328. The van der Waals surface area contributed by atoms with Gasteiger partial charge in [0.15, 0.2) is 0 Å². The third-order valence-electron chi connectivity index (χ3n) is 6.13. The first kappa shape index (κ1) is 26.5. The lowest BCUT2D eigenvalue weighted by atomic mass is 10.1. The molecule has 13 nitrogen and oxygen atoms in total. The lowest BCUT2D eigenvalue weighted by Crippen LogP contribution is -2.48. The molecule has 2 aromatic heterocycles. The van der Waals surface area contributed by atoms with E-state index < -0.39 is 40.0 Å². The fourth-order valence-electron chi connectivity index (χ4n) is 4.27. The van der Waals surface area contributed by atoms with Crippen LogP contribution in [0.15, 0.2) is 82.6 Å². The van der Waals surface area contributed by atoms with Gasteiger partial charge in [-0.25, -0.2) is 13.4 Å². The van der Waals surface area contributed by atoms with Crippen LogP contribution in [0.1, 0.15) is 16.1 Å². The van der Waals surface area contributed by atoms with Crippen molar-refractivity contribution in [1.82, 2.24) is 29.8 Å². The molecule has 40 heavy (non-hydrogen) atoms. The third-order valence-corrected chi connectivity index (χ3v) is 7.66. The third kappa shape index (κ3) is 5.52. The predicted octanol–water partition coefficient (Wildman–Crippen LogP) is 1.06. The molecule has 0 unspecified atom stereocenters. The average Bonchev–Trinajstić information content (AvgIpc) is 3.31. The van der Waals surface area contributed by atoms with Crippen molar-refractivity contribution in [1.29, 1.82) is 0 Å². The Kier molecular flexibility index (Phi) is 7.02. The van der Waals surface area contributed by atoms with Gasteiger partial charge in [-0.3, -0.25) is 24.0 Å². The molecule has 0 fully saturated rings. The van der Waals surface area contributed by atoms with E-state index in [0.717, 1.165) is 0 Å². The van der Waals surface area contributed by atoms with E-state index in [1.54, 1.807) is 53.2 Å². The molecule has 0 bridgehead atoms. The summed E-state index contributed by atoms with van der Waals surface area (Å²) in [6.07, 6.45) is 1.53. The van der Waals surface area contributed by atoms with Crippen LogP contribution in [0.4, 0.5) is 5.95 Å². The molecule has 5 rings (SSSR count). The summed E-state index contributed by atoms with van der Waals surface area (Å²) in [7, 11) is -4.23. The highest BCUT2D eigenvalue weighted by Crippen LogP contribution is 2.23. The fourth-order valence-corrected chi connectivity index (χ4v) is 5.69. The summed E-state index contributed by atoms with van der Waals surface area (Å²) >= 11 is 0. The summed E-state index contributed by atoms with van der Waals surface area (Å²) in [4.78, 5) is 42.7. The standard InChI is InChI=1S/C26H23N7O6S/c27-26-30-18(11-23(34)31-26)14-33-21-9-8-16(10-17(21)12-29-33)24(35)28-13-20(25(36)37)32-40(38,39)22-7-3-5-15-4-1-2-6-19(15)22/h1-12,20,32H,13-14H2,(H,28,35)(H,36,37)(H3,27,30,31,34)/t20-/m0/s1. The minimum Gasteiger partial charge on any atom is -0.480 e. The molecule has 0 aliphatic heterocycles. The lowest BCUT2D eigenvalue weighted by Gasteiger charge is -2.16. The molecule has 0 spiro atoms. The number of aliphatic carboxylic acids is 1. The van der Waals surface area contributed by atoms with Gasteiger partial charge in [-0.1, -0.05) is 36.4 Å². The average molecular weight is 562 g/mol. The normalized spacial score (nSPS) is 12.4. The summed E-state index contributed by atoms with van der Waals surface area (Å²) < 4.78 is 29.9. The van der Waals surface area contributed by atoms with Gasteiger partial charge in [0.25, 0.3) is 11.5 Å². The number of aromatic amines is 1. The predicted molar refractivity (Wildman–Crippen MR) is 146 cm³/mol. The van der Waals surface area contributed by atoms with Gasteiger partial charge in [0.2, 0.25) is 16.0 Å². The SMILES string of the molecule is Nc1nc(Cn2ncc3cc(C(=O)NC[C@H](NS(=O)(=O)c4cccc5ccccc45)C(=O)O)ccc32)cc(=O)[nH]1. The number of amides is 1. The number of benzene rings is 3. The highest BCUT2D eigenvalue weighted by Gasteiger charge is 2.27. The van der Waals surface area contributed by atoms with E-state index in [1.165, 1.54) is 24.4 Å². The number of carboxylic acid groups (broad SMARTS) is 1. The zero-order chi connectivity index (χ0) is 28.4. The highest BCUT2D eigenvalue weighted by molar-refractivity contribution is 7.89. The number of carboxylic acids is 1. The first-order chi connectivity index (χ1) is 19.1. The Morgan fingerprint density at radius 2 is 1.82 bits per heavy atom. The largest absolute Gasteiger partial charge is 0.480 e. The molecule has 1 amide bonds. The number of nitrogens with one attached hydrogen (secondary N) is 3. The zero-order valence-corrected chi connectivity index (χ0v) is 21.6. The highest BCUT2D eigenvalue weighted by atomic mass is 32.2. The number of H-pyrrole nitrogens is 1. The van der Waals surface area contributed by atoms with Crippen molar-refractivity contribution < 1.29 is 23.1 Å². The molecule has 204 valence electrons. The van der Waals surface area contributed by atoms with E-state index >= 15 is 0 Å². The molecule has 6 N–H and O–H groups in total. The summed E-state index contributed by atoms with van der Waals surface area (Å²) in [5.41, 5.74) is 6.47. The molecule has 2 heterocycles. The van der Waals surface area contributed by atoms with E-state index in [4.69, 9.17) is 5.73 Å². The number of nitrogens with two attached hydrogens (primary N) is 1. The van der Waals surface area contributed by atoms with E-state index in [-0.39, 0.29) is 23.0 Å². The Balaban J connectivity index is 1.29. The van der Waals surface area contributed by atoms with Gasteiger partial charge in [-0.2, -0.15) is 9.82 Å². The number of carbonyl (C=O) groups is 2. The van der Waals surface area contributed by atoms with Crippen molar-refractivity contribution in [2.75, 3.05) is 12.3 Å². The van der Waals surface area contributed by atoms with Gasteiger partial charge < -0.3 is 16.2 Å². The number of fused-ring (bicyclic) bond motifs is 2. The molecule has 0 saturated heterocycles. The summed E-state index contributed by atoms with van der Waals surface area (Å²) in [5, 5.41) is 18.1. The van der Waals surface area contributed by atoms with Gasteiger partial charge >= 0.3 is 5.97 Å². The van der Waals surface area contributed by atoms with Crippen LogP contribution in [-0.2, 0) is 21.4 Å². The lowest BCUT2D eigenvalue weighted by molar-refractivity contribution is -0.138. The molecule has 0 saturated carbocycles. The smallest absolute Gasteiger partial charge is 0.323 e. The Morgan fingerprint density at radius 1 is 1.05 bits per heavy atom. The molecular formula is C26H23N7O6S. The number of rotatable bonds is 9. The Hall–Kier alpha value is -5.08. The maximum atomic E-state index is 13.1. The van der Waals surface area contributed by atoms with E-state index in [9.17, 15) is 27.9 Å². The van der Waals surface area contributed by atoms with Crippen molar-refractivity contribution in [3.05, 3.63) is 94.5 Å².